The van der Waals surface area contributed by atoms with Gasteiger partial charge < -0.3 is 66.0 Å². The van der Waals surface area contributed by atoms with E-state index in [0.717, 1.165) is 57.2 Å². The third-order valence-electron chi connectivity index (χ3n) is 20.4. The van der Waals surface area contributed by atoms with Gasteiger partial charge in [-0.2, -0.15) is 0 Å². The maximum atomic E-state index is 15.8. The average Bonchev–Trinajstić information content (AvgIpc) is 2.54. The first-order chi connectivity index (χ1) is 39.1. The molecular formula is C65H74N4O12. The lowest BCUT2D eigenvalue weighted by atomic mass is 9.61. The highest BCUT2D eigenvalue weighted by atomic mass is 16.6. The number of phenolic OH excluding ortho intramolecular Hbond substituents is 2. The largest absolute Gasteiger partial charge is 0.508 e. The van der Waals surface area contributed by atoms with Crippen molar-refractivity contribution in [2.75, 3.05) is 26.3 Å². The molecule has 5 aliphatic carbocycles. The van der Waals surface area contributed by atoms with Crippen molar-refractivity contribution < 1.29 is 54.4 Å². The number of ether oxygens (including phenoxy) is 2. The van der Waals surface area contributed by atoms with Gasteiger partial charge in [0.15, 0.2) is 5.43 Å². The summed E-state index contributed by atoms with van der Waals surface area (Å²) in [7, 11) is 0. The van der Waals surface area contributed by atoms with Crippen molar-refractivity contribution in [1.82, 2.24) is 16.0 Å². The topological polar surface area (TPSA) is 269 Å². The van der Waals surface area contributed by atoms with Gasteiger partial charge in [0.1, 0.15) is 63.7 Å². The van der Waals surface area contributed by atoms with Gasteiger partial charge in [-0.05, 0) is 176 Å². The zero-order valence-corrected chi connectivity index (χ0v) is 46.1. The van der Waals surface area contributed by atoms with Gasteiger partial charge >= 0.3 is 5.97 Å². The standard InChI is InChI=1S/C65H74N4O12/c1-4-48(65(78)27-35-21-37(65)20-34-19-33(16-18-70)58(75)44-8-6-7-40(35)53(34)44)63(77)80-51-26-46-59(76)56-50(74)25-39(29-71)79-61(56)57-54-43-15-17-68-62(66)55(43)42(14-10-31-9-12-38(73)24-45(31)47(54)30-72)41-13-11-32-23-52(67-5-2)69-28-36(32)22-49(41)64(51,3)81-60(46)57/h4,6-9,12,15,20,23-25,28,33,35,37,41-42,47,49,51-52,54,58,67-73,75-76,78H,5,10-11,13-14,16-19,21-22,26-27,29-30,66H2,1-3H3/b48-4+/t33-,35-,37+,41+,42+,47-,49+,51-,52?,54-,58-,64+,65+/m1/s1. The Morgan fingerprint density at radius 3 is 2.60 bits per heavy atom. The summed E-state index contributed by atoms with van der Waals surface area (Å²) < 4.78 is 21.5. The van der Waals surface area contributed by atoms with Crippen LogP contribution in [0.5, 0.6) is 17.2 Å². The lowest BCUT2D eigenvalue weighted by molar-refractivity contribution is -0.171. The zero-order valence-electron chi connectivity index (χ0n) is 46.1. The van der Waals surface area contributed by atoms with Crippen molar-refractivity contribution in [2.45, 2.75) is 139 Å². The number of phenols is 2. The van der Waals surface area contributed by atoms with Crippen LogP contribution in [0.1, 0.15) is 141 Å². The number of carbonyl (C=O) groups is 1. The number of aromatic hydroxyl groups is 2. The monoisotopic (exact) mass is 1100 g/mol. The number of aliphatic hydroxyl groups is 5. The Bertz CT molecular complexity index is 3540. The number of carbonyl (C=O) groups excluding carboxylic acids is 1. The molecular weight excluding hydrogens is 1030 g/mol. The van der Waals surface area contributed by atoms with Crippen LogP contribution >= 0.6 is 0 Å². The van der Waals surface area contributed by atoms with E-state index < -0.39 is 77.4 Å². The van der Waals surface area contributed by atoms with E-state index >= 15 is 4.79 Å². The maximum Gasteiger partial charge on any atom is 0.337 e. The molecule has 6 bridgehead atoms. The highest BCUT2D eigenvalue weighted by Gasteiger charge is 2.59. The van der Waals surface area contributed by atoms with Crippen LogP contribution < -0.4 is 31.8 Å². The van der Waals surface area contributed by atoms with E-state index in [-0.39, 0.29) is 88.7 Å². The first kappa shape index (κ1) is 53.6. The second-order valence-electron chi connectivity index (χ2n) is 24.4. The summed E-state index contributed by atoms with van der Waals surface area (Å²) in [4.78, 5) is 30.4. The minimum absolute atomic E-state index is 0.0103. The molecule has 0 amide bonds. The maximum absolute atomic E-state index is 15.8. The summed E-state index contributed by atoms with van der Waals surface area (Å²) in [5, 5.41) is 92.1. The van der Waals surface area contributed by atoms with Gasteiger partial charge in [0.25, 0.3) is 0 Å². The van der Waals surface area contributed by atoms with Crippen LogP contribution in [0.15, 0.2) is 116 Å². The summed E-state index contributed by atoms with van der Waals surface area (Å²) in [5.74, 6) is -4.09. The molecule has 2 fully saturated rings. The number of rotatable bonds is 9. The SMILES string of the molecule is C/C=C(\C(=O)O[C@@H]1Cc2c3c(c4oc(CO)cc(=O)c4c2O)[C@@H]2C4=CCNC(N)=C4[C@@H](CCc4ccc(O)cc4[C@H]2CO)[C@@H]2CCC4=CC(NCC)NC=C4C[C@@H]2[C@]1(C)O3)[C@]1(O)C[C@H]2C[C@@H]1C=C1C[C@@H](CCO)[C@@H](O)c3cccc2c31. The van der Waals surface area contributed by atoms with Gasteiger partial charge in [0.05, 0.1) is 24.4 Å². The van der Waals surface area contributed by atoms with Gasteiger partial charge in [-0.1, -0.05) is 49.4 Å². The Hall–Kier alpha value is -6.66. The molecule has 426 valence electrons. The van der Waals surface area contributed by atoms with Crippen LogP contribution in [-0.4, -0.2) is 91.5 Å². The Morgan fingerprint density at radius 1 is 1.00 bits per heavy atom. The number of aryl methyl sites for hydroxylation is 1. The van der Waals surface area contributed by atoms with E-state index in [0.29, 0.717) is 74.9 Å². The van der Waals surface area contributed by atoms with Crippen LogP contribution in [0.2, 0.25) is 0 Å². The van der Waals surface area contributed by atoms with Crippen molar-refractivity contribution in [1.29, 1.82) is 0 Å². The predicted octanol–water partition coefficient (Wildman–Crippen LogP) is 6.91. The second-order valence-corrected chi connectivity index (χ2v) is 24.4. The van der Waals surface area contributed by atoms with Crippen molar-refractivity contribution >= 4 is 22.5 Å². The molecule has 16 heteroatoms. The molecule has 4 aromatic rings. The first-order valence-corrected chi connectivity index (χ1v) is 29.3. The molecule has 9 aliphatic rings. The van der Waals surface area contributed by atoms with Gasteiger partial charge in [0, 0.05) is 66.6 Å². The Morgan fingerprint density at radius 2 is 1.83 bits per heavy atom. The number of benzene rings is 3. The van der Waals surface area contributed by atoms with Crippen LogP contribution in [0.25, 0.3) is 16.5 Å². The zero-order chi connectivity index (χ0) is 56.4. The summed E-state index contributed by atoms with van der Waals surface area (Å²) >= 11 is 0. The van der Waals surface area contributed by atoms with Crippen LogP contribution in [-0.2, 0) is 29.0 Å². The Labute approximate surface area is 470 Å². The molecule has 0 radical (unpaired) electrons. The van der Waals surface area contributed by atoms with E-state index in [1.165, 1.54) is 5.57 Å². The molecule has 1 unspecified atom stereocenters. The van der Waals surface area contributed by atoms with Gasteiger partial charge in [-0.15, -0.1) is 0 Å². The fraction of sp³-hybridized carbons (Fsp3) is 0.477. The lowest BCUT2D eigenvalue weighted by Crippen LogP contribution is -2.59. The number of allylic oxidation sites excluding steroid dienone is 6. The van der Waals surface area contributed by atoms with Crippen LogP contribution in [0.3, 0.4) is 0 Å². The molecule has 5 heterocycles. The molecule has 13 rings (SSSR count). The number of dihydropyridines is 2. The molecule has 81 heavy (non-hydrogen) atoms. The molecule has 12 N–H and O–H groups in total. The van der Waals surface area contributed by atoms with Crippen molar-refractivity contribution in [3.63, 3.8) is 0 Å². The molecule has 0 spiro atoms. The van der Waals surface area contributed by atoms with Gasteiger partial charge in [-0.3, -0.25) is 10.1 Å². The Kier molecular flexibility index (Phi) is 13.5. The van der Waals surface area contributed by atoms with Crippen molar-refractivity contribution in [2.24, 2.45) is 35.3 Å². The van der Waals surface area contributed by atoms with Gasteiger partial charge in [0.2, 0.25) is 0 Å². The predicted molar refractivity (Wildman–Crippen MR) is 303 cm³/mol. The molecule has 0 saturated heterocycles. The smallest absolute Gasteiger partial charge is 0.337 e. The fourth-order valence-electron chi connectivity index (χ4n) is 16.8. The molecule has 16 nitrogen and oxygen atoms in total. The molecule has 4 aliphatic heterocycles. The minimum Gasteiger partial charge on any atom is -0.508 e. The third-order valence-corrected chi connectivity index (χ3v) is 20.4. The van der Waals surface area contributed by atoms with E-state index in [2.05, 4.69) is 53.4 Å². The lowest BCUT2D eigenvalue weighted by Gasteiger charge is -2.52. The molecule has 3 aromatic carbocycles. The number of hydrogen-bond donors (Lipinski definition) is 11. The van der Waals surface area contributed by atoms with E-state index in [1.54, 1.807) is 25.1 Å². The van der Waals surface area contributed by atoms with E-state index in [4.69, 9.17) is 19.6 Å². The van der Waals surface area contributed by atoms with E-state index in [1.807, 2.05) is 25.1 Å². The number of aliphatic hydroxyl groups excluding tert-OH is 4. The summed E-state index contributed by atoms with van der Waals surface area (Å²) in [6.07, 6.45) is 12.7. The number of fused-ring (bicyclic) bond motifs is 12. The highest BCUT2D eigenvalue weighted by Crippen LogP contribution is 2.62. The summed E-state index contributed by atoms with van der Waals surface area (Å²) in [6.45, 7) is 5.74. The normalized spacial score (nSPS) is 32.6. The minimum atomic E-state index is -1.68. The Balaban J connectivity index is 1.02. The van der Waals surface area contributed by atoms with Crippen molar-refractivity contribution in [3.8, 4) is 17.2 Å². The van der Waals surface area contributed by atoms with Gasteiger partial charge in [-0.25, -0.2) is 4.79 Å². The second kappa shape index (κ2) is 20.3. The number of nitrogens with two attached hydrogens (primary N) is 1. The number of hydrogen-bond acceptors (Lipinski definition) is 16. The number of nitrogens with one attached hydrogen (secondary N) is 3. The molecule has 1 aromatic heterocycles. The van der Waals surface area contributed by atoms with Crippen LogP contribution in [0.4, 0.5) is 0 Å². The molecule has 13 atom stereocenters. The van der Waals surface area contributed by atoms with Crippen molar-refractivity contribution in [3.05, 3.63) is 162 Å². The number of likely N-dealkylation sites (N-methyl/N-ethyl adjacent to an activating group) is 1. The van der Waals surface area contributed by atoms with Crippen LogP contribution in [0, 0.1) is 29.6 Å². The fourth-order valence-corrected chi connectivity index (χ4v) is 16.8. The highest BCUT2D eigenvalue weighted by molar-refractivity contribution is 5.93. The summed E-state index contributed by atoms with van der Waals surface area (Å²) in [5.41, 5.74) is 13.5. The third kappa shape index (κ3) is 8.36. The molecule has 2 saturated carbocycles. The summed E-state index contributed by atoms with van der Waals surface area (Å²) in [6, 6.07) is 12.4. The number of esters is 1. The first-order valence-electron chi connectivity index (χ1n) is 29.3. The quantitative estimate of drug-likeness (QED) is 0.0601. The van der Waals surface area contributed by atoms with E-state index in [9.17, 15) is 40.5 Å². The average molecular weight is 1100 g/mol.